The Labute approximate surface area is 125 Å². The maximum atomic E-state index is 12.1. The molecule has 0 radical (unpaired) electrons. The van der Waals surface area contributed by atoms with Crippen LogP contribution >= 0.6 is 0 Å². The summed E-state index contributed by atoms with van der Waals surface area (Å²) in [7, 11) is -1.74. The molecule has 2 atom stereocenters. The third-order valence-corrected chi connectivity index (χ3v) is 9.11. The first-order chi connectivity index (χ1) is 9.03. The highest BCUT2D eigenvalue weighted by atomic mass is 28.4. The Bertz CT molecular complexity index is 331. The third kappa shape index (κ3) is 4.88. The molecule has 1 aliphatic rings. The van der Waals surface area contributed by atoms with Gasteiger partial charge in [-0.2, -0.15) is 0 Å². The van der Waals surface area contributed by atoms with Gasteiger partial charge in [0.15, 0.2) is 8.32 Å². The summed E-state index contributed by atoms with van der Waals surface area (Å²) in [4.78, 5) is 12.1. The molecule has 0 heterocycles. The van der Waals surface area contributed by atoms with Crippen molar-refractivity contribution in [1.82, 2.24) is 0 Å². The van der Waals surface area contributed by atoms with E-state index in [9.17, 15) is 4.79 Å². The van der Waals surface area contributed by atoms with Crippen molar-refractivity contribution < 1.29 is 14.0 Å². The fourth-order valence-electron chi connectivity index (χ4n) is 2.39. The summed E-state index contributed by atoms with van der Waals surface area (Å²) in [5, 5.41) is 0.221. The van der Waals surface area contributed by atoms with Crippen LogP contribution in [0.1, 0.15) is 60.3 Å². The van der Waals surface area contributed by atoms with E-state index in [2.05, 4.69) is 33.9 Å². The van der Waals surface area contributed by atoms with Crippen molar-refractivity contribution in [3.63, 3.8) is 0 Å². The van der Waals surface area contributed by atoms with E-state index >= 15 is 0 Å². The third-order valence-electron chi connectivity index (χ3n) is 4.58. The van der Waals surface area contributed by atoms with Crippen molar-refractivity contribution in [3.05, 3.63) is 0 Å². The van der Waals surface area contributed by atoms with E-state index in [0.29, 0.717) is 0 Å². The predicted molar refractivity (Wildman–Crippen MR) is 85.3 cm³/mol. The van der Waals surface area contributed by atoms with E-state index in [-0.39, 0.29) is 29.1 Å². The average Bonchev–Trinajstić information content (AvgIpc) is 2.26. The van der Waals surface area contributed by atoms with Crippen LogP contribution in [0.25, 0.3) is 0 Å². The van der Waals surface area contributed by atoms with Gasteiger partial charge in [-0.3, -0.25) is 4.79 Å². The molecule has 0 aliphatic heterocycles. The van der Waals surface area contributed by atoms with Crippen LogP contribution in [0.4, 0.5) is 0 Å². The summed E-state index contributed by atoms with van der Waals surface area (Å²) in [6, 6.07) is 0. The lowest BCUT2D eigenvalue weighted by Gasteiger charge is -2.41. The molecular formula is C16H32O3Si. The highest BCUT2D eigenvalue weighted by Crippen LogP contribution is 2.39. The van der Waals surface area contributed by atoms with Crippen LogP contribution < -0.4 is 0 Å². The molecule has 118 valence electrons. The van der Waals surface area contributed by atoms with Gasteiger partial charge < -0.3 is 9.16 Å². The molecule has 0 saturated heterocycles. The zero-order chi connectivity index (χ0) is 15.6. The Morgan fingerprint density at radius 1 is 1.20 bits per heavy atom. The second-order valence-corrected chi connectivity index (χ2v) is 12.6. The van der Waals surface area contributed by atoms with E-state index < -0.39 is 8.32 Å². The zero-order valence-corrected chi connectivity index (χ0v) is 15.3. The number of hydrogen-bond donors (Lipinski definition) is 0. The van der Waals surface area contributed by atoms with Gasteiger partial charge in [-0.15, -0.1) is 0 Å². The lowest BCUT2D eigenvalue weighted by Crippen LogP contribution is -2.45. The summed E-state index contributed by atoms with van der Waals surface area (Å²) in [5.74, 6) is -0.00977. The maximum absolute atomic E-state index is 12.1. The smallest absolute Gasteiger partial charge is 0.309 e. The molecule has 0 aromatic carbocycles. The van der Waals surface area contributed by atoms with Gasteiger partial charge in [-0.25, -0.2) is 0 Å². The van der Waals surface area contributed by atoms with Gasteiger partial charge >= 0.3 is 5.97 Å². The zero-order valence-electron chi connectivity index (χ0n) is 14.3. The molecule has 1 saturated carbocycles. The number of carbonyl (C=O) groups excluding carboxylic acids is 1. The van der Waals surface area contributed by atoms with Gasteiger partial charge in [0.05, 0.1) is 12.0 Å². The summed E-state index contributed by atoms with van der Waals surface area (Å²) < 4.78 is 11.8. The first-order valence-electron chi connectivity index (χ1n) is 7.91. The minimum Gasteiger partial charge on any atom is -0.463 e. The second kappa shape index (κ2) is 6.61. The molecule has 0 spiro atoms. The number of hydrogen-bond acceptors (Lipinski definition) is 3. The largest absolute Gasteiger partial charge is 0.463 e. The van der Waals surface area contributed by atoms with Crippen molar-refractivity contribution in [3.8, 4) is 0 Å². The van der Waals surface area contributed by atoms with Crippen LogP contribution in [0, 0.1) is 5.92 Å². The molecule has 1 unspecified atom stereocenters. The monoisotopic (exact) mass is 300 g/mol. The maximum Gasteiger partial charge on any atom is 0.309 e. The van der Waals surface area contributed by atoms with Crippen LogP contribution in [0.3, 0.4) is 0 Å². The minimum absolute atomic E-state index is 0.0239. The fraction of sp³-hybridized carbons (Fsp3) is 0.938. The van der Waals surface area contributed by atoms with Gasteiger partial charge in [-0.05, 0) is 51.2 Å². The van der Waals surface area contributed by atoms with Crippen molar-refractivity contribution in [2.75, 3.05) is 0 Å². The molecule has 0 aromatic rings. The summed E-state index contributed by atoms with van der Waals surface area (Å²) in [6.07, 6.45) is 4.13. The summed E-state index contributed by atoms with van der Waals surface area (Å²) in [6.45, 7) is 15.1. The molecule has 0 N–H and O–H groups in total. The van der Waals surface area contributed by atoms with E-state index in [1.807, 2.05) is 13.8 Å². The normalized spacial score (nSPS) is 24.8. The van der Waals surface area contributed by atoms with Gasteiger partial charge in [0.2, 0.25) is 0 Å². The number of ether oxygens (including phenoxy) is 1. The van der Waals surface area contributed by atoms with Crippen molar-refractivity contribution >= 4 is 14.3 Å². The SMILES string of the molecule is CC(C)OC(=O)[C@H]1CCCC(O[Si](C)(C)C(C)(C)C)C1. The Kier molecular flexibility index (Phi) is 5.85. The summed E-state index contributed by atoms with van der Waals surface area (Å²) in [5.41, 5.74) is 0. The second-order valence-electron chi connectivity index (χ2n) is 7.85. The average molecular weight is 301 g/mol. The molecule has 20 heavy (non-hydrogen) atoms. The van der Waals surface area contributed by atoms with Crippen LogP contribution in [-0.2, 0) is 14.0 Å². The van der Waals surface area contributed by atoms with Crippen LogP contribution in [0.5, 0.6) is 0 Å². The van der Waals surface area contributed by atoms with Crippen LogP contribution in [0.15, 0.2) is 0 Å². The lowest BCUT2D eigenvalue weighted by molar-refractivity contribution is -0.154. The predicted octanol–water partition coefficient (Wildman–Crippen LogP) is 4.52. The molecular weight excluding hydrogens is 268 g/mol. The molecule has 0 bridgehead atoms. The van der Waals surface area contributed by atoms with E-state index in [1.54, 1.807) is 0 Å². The Balaban J connectivity index is 2.59. The number of rotatable bonds is 4. The lowest BCUT2D eigenvalue weighted by atomic mass is 9.87. The molecule has 3 nitrogen and oxygen atoms in total. The Hall–Kier alpha value is -0.353. The van der Waals surface area contributed by atoms with Crippen molar-refractivity contribution in [2.24, 2.45) is 5.92 Å². The number of carbonyl (C=O) groups is 1. The van der Waals surface area contributed by atoms with Gasteiger partial charge in [0.1, 0.15) is 0 Å². The molecule has 4 heteroatoms. The first kappa shape index (κ1) is 17.7. The standard InChI is InChI=1S/C16H32O3Si/c1-12(2)18-15(17)13-9-8-10-14(11-13)19-20(6,7)16(3,4)5/h12-14H,8-11H2,1-7H3/t13-,14?/m0/s1. The topological polar surface area (TPSA) is 35.5 Å². The Morgan fingerprint density at radius 3 is 2.30 bits per heavy atom. The Morgan fingerprint density at radius 2 is 1.80 bits per heavy atom. The molecule has 0 aromatic heterocycles. The van der Waals surface area contributed by atoms with Crippen molar-refractivity contribution in [2.45, 2.75) is 90.6 Å². The van der Waals surface area contributed by atoms with Gasteiger partial charge in [-0.1, -0.05) is 27.2 Å². The van der Waals surface area contributed by atoms with Crippen molar-refractivity contribution in [1.29, 1.82) is 0 Å². The van der Waals surface area contributed by atoms with Crippen LogP contribution in [-0.4, -0.2) is 26.5 Å². The highest BCUT2D eigenvalue weighted by Gasteiger charge is 2.40. The minimum atomic E-state index is -1.74. The van der Waals surface area contributed by atoms with E-state index in [0.717, 1.165) is 25.7 Å². The first-order valence-corrected chi connectivity index (χ1v) is 10.8. The van der Waals surface area contributed by atoms with Gasteiger partial charge in [0.25, 0.3) is 0 Å². The molecule has 1 fully saturated rings. The quantitative estimate of drug-likeness (QED) is 0.565. The summed E-state index contributed by atoms with van der Waals surface area (Å²) >= 11 is 0. The molecule has 1 aliphatic carbocycles. The van der Waals surface area contributed by atoms with Crippen LogP contribution in [0.2, 0.25) is 18.1 Å². The molecule has 0 amide bonds. The molecule has 1 rings (SSSR count). The fourth-order valence-corrected chi connectivity index (χ4v) is 3.79. The highest BCUT2D eigenvalue weighted by molar-refractivity contribution is 6.74. The van der Waals surface area contributed by atoms with Gasteiger partial charge in [0, 0.05) is 6.10 Å². The number of esters is 1. The van der Waals surface area contributed by atoms with E-state index in [1.165, 1.54) is 0 Å². The van der Waals surface area contributed by atoms with E-state index in [4.69, 9.17) is 9.16 Å².